The summed E-state index contributed by atoms with van der Waals surface area (Å²) in [4.78, 5) is 12.3. The Labute approximate surface area is 124 Å². The summed E-state index contributed by atoms with van der Waals surface area (Å²) < 4.78 is 0. The van der Waals surface area contributed by atoms with Gasteiger partial charge in [-0.2, -0.15) is 0 Å². The largest absolute Gasteiger partial charge is 0.507 e. The summed E-state index contributed by atoms with van der Waals surface area (Å²) in [7, 11) is 0. The van der Waals surface area contributed by atoms with E-state index < -0.39 is 0 Å². The van der Waals surface area contributed by atoms with Gasteiger partial charge in [-0.15, -0.1) is 0 Å². The van der Waals surface area contributed by atoms with Gasteiger partial charge in [-0.1, -0.05) is 37.3 Å². The number of carbonyl (C=O) groups is 1. The van der Waals surface area contributed by atoms with Crippen molar-refractivity contribution in [2.45, 2.75) is 19.9 Å². The molecule has 0 aromatic heterocycles. The lowest BCUT2D eigenvalue weighted by Crippen LogP contribution is -2.20. The monoisotopic (exact) mass is 284 g/mol. The maximum Gasteiger partial charge on any atom is 0.259 e. The number of carbonyl (C=O) groups excluding carboxylic acids is 1. The van der Waals surface area contributed by atoms with Crippen LogP contribution in [0.15, 0.2) is 48.5 Å². The Hall–Kier alpha value is -2.33. The van der Waals surface area contributed by atoms with E-state index in [0.717, 1.165) is 17.8 Å². The SMILES string of the molecule is CCNC(C)c1ccccc1NC(=O)c1ccccc1O. The maximum absolute atomic E-state index is 12.3. The van der Waals surface area contributed by atoms with Crippen LogP contribution in [-0.4, -0.2) is 17.6 Å². The molecule has 1 unspecified atom stereocenters. The third kappa shape index (κ3) is 3.61. The minimum Gasteiger partial charge on any atom is -0.507 e. The highest BCUT2D eigenvalue weighted by Gasteiger charge is 2.14. The summed E-state index contributed by atoms with van der Waals surface area (Å²) in [5.41, 5.74) is 2.03. The van der Waals surface area contributed by atoms with Crippen molar-refractivity contribution in [3.63, 3.8) is 0 Å². The van der Waals surface area contributed by atoms with Gasteiger partial charge >= 0.3 is 0 Å². The first-order valence-electron chi connectivity index (χ1n) is 7.05. The van der Waals surface area contributed by atoms with E-state index >= 15 is 0 Å². The van der Waals surface area contributed by atoms with Crippen LogP contribution in [-0.2, 0) is 0 Å². The Kier molecular flexibility index (Phi) is 4.95. The van der Waals surface area contributed by atoms with E-state index in [1.165, 1.54) is 6.07 Å². The third-order valence-corrected chi connectivity index (χ3v) is 3.33. The fourth-order valence-corrected chi connectivity index (χ4v) is 2.26. The molecule has 2 aromatic carbocycles. The Balaban J connectivity index is 2.24. The van der Waals surface area contributed by atoms with Gasteiger partial charge in [-0.05, 0) is 37.2 Å². The molecule has 3 N–H and O–H groups in total. The van der Waals surface area contributed by atoms with Crippen molar-refractivity contribution in [1.29, 1.82) is 0 Å². The number of benzene rings is 2. The molecule has 0 aliphatic carbocycles. The second kappa shape index (κ2) is 6.90. The topological polar surface area (TPSA) is 61.4 Å². The molecule has 0 saturated carbocycles. The third-order valence-electron chi connectivity index (χ3n) is 3.33. The highest BCUT2D eigenvalue weighted by molar-refractivity contribution is 6.06. The van der Waals surface area contributed by atoms with Gasteiger partial charge in [-0.25, -0.2) is 0 Å². The lowest BCUT2D eigenvalue weighted by Gasteiger charge is -2.17. The number of para-hydroxylation sites is 2. The number of hydrogen-bond acceptors (Lipinski definition) is 3. The number of phenolic OH excluding ortho intramolecular Hbond substituents is 1. The van der Waals surface area contributed by atoms with Crippen LogP contribution in [0.1, 0.15) is 35.8 Å². The molecule has 0 saturated heterocycles. The fourth-order valence-electron chi connectivity index (χ4n) is 2.26. The molecule has 0 heterocycles. The van der Waals surface area contributed by atoms with Gasteiger partial charge in [-0.3, -0.25) is 4.79 Å². The van der Waals surface area contributed by atoms with E-state index in [1.54, 1.807) is 18.2 Å². The molecule has 2 aromatic rings. The molecule has 4 nitrogen and oxygen atoms in total. The van der Waals surface area contributed by atoms with Crippen molar-refractivity contribution in [2.75, 3.05) is 11.9 Å². The first-order chi connectivity index (χ1) is 10.1. The highest BCUT2D eigenvalue weighted by atomic mass is 16.3. The summed E-state index contributed by atoms with van der Waals surface area (Å²) in [6.45, 7) is 4.94. The van der Waals surface area contributed by atoms with Gasteiger partial charge in [0, 0.05) is 11.7 Å². The minimum atomic E-state index is -0.316. The van der Waals surface area contributed by atoms with E-state index in [4.69, 9.17) is 0 Å². The molecule has 0 aliphatic heterocycles. The zero-order chi connectivity index (χ0) is 15.2. The summed E-state index contributed by atoms with van der Waals surface area (Å²) >= 11 is 0. The Morgan fingerprint density at radius 3 is 2.52 bits per heavy atom. The average Bonchev–Trinajstić information content (AvgIpc) is 2.48. The van der Waals surface area contributed by atoms with Crippen LogP contribution in [0, 0.1) is 0 Å². The van der Waals surface area contributed by atoms with Crippen molar-refractivity contribution in [1.82, 2.24) is 5.32 Å². The Morgan fingerprint density at radius 2 is 1.81 bits per heavy atom. The van der Waals surface area contributed by atoms with Crippen LogP contribution in [0.25, 0.3) is 0 Å². The molecule has 0 spiro atoms. The van der Waals surface area contributed by atoms with E-state index in [2.05, 4.69) is 17.6 Å². The minimum absolute atomic E-state index is 0.0211. The summed E-state index contributed by atoms with van der Waals surface area (Å²) in [6, 6.07) is 14.3. The zero-order valence-corrected chi connectivity index (χ0v) is 12.3. The molecule has 2 rings (SSSR count). The summed E-state index contributed by atoms with van der Waals surface area (Å²) in [5.74, 6) is -0.337. The van der Waals surface area contributed by atoms with E-state index in [0.29, 0.717) is 0 Å². The van der Waals surface area contributed by atoms with Gasteiger partial charge in [0.25, 0.3) is 5.91 Å². The molecule has 110 valence electrons. The van der Waals surface area contributed by atoms with E-state index in [-0.39, 0.29) is 23.3 Å². The molecular weight excluding hydrogens is 264 g/mol. The number of hydrogen-bond donors (Lipinski definition) is 3. The van der Waals surface area contributed by atoms with Crippen molar-refractivity contribution in [3.05, 3.63) is 59.7 Å². The molecular formula is C17H20N2O2. The number of rotatable bonds is 5. The number of amides is 1. The molecule has 0 fully saturated rings. The second-order valence-electron chi connectivity index (χ2n) is 4.84. The number of nitrogens with one attached hydrogen (secondary N) is 2. The number of phenols is 1. The van der Waals surface area contributed by atoms with E-state index in [9.17, 15) is 9.90 Å². The second-order valence-corrected chi connectivity index (χ2v) is 4.84. The Morgan fingerprint density at radius 1 is 1.14 bits per heavy atom. The average molecular weight is 284 g/mol. The summed E-state index contributed by atoms with van der Waals surface area (Å²) in [5, 5.41) is 15.9. The first-order valence-corrected chi connectivity index (χ1v) is 7.05. The van der Waals surface area contributed by atoms with Gasteiger partial charge in [0.15, 0.2) is 0 Å². The fraction of sp³-hybridized carbons (Fsp3) is 0.235. The van der Waals surface area contributed by atoms with Crippen molar-refractivity contribution in [2.24, 2.45) is 0 Å². The molecule has 0 bridgehead atoms. The van der Waals surface area contributed by atoms with Gasteiger partial charge in [0.1, 0.15) is 5.75 Å². The van der Waals surface area contributed by atoms with Crippen LogP contribution in [0.4, 0.5) is 5.69 Å². The van der Waals surface area contributed by atoms with Crippen LogP contribution in [0.3, 0.4) is 0 Å². The quantitative estimate of drug-likeness (QED) is 0.789. The molecule has 0 aliphatic rings. The predicted octanol–water partition coefficient (Wildman–Crippen LogP) is 3.32. The summed E-state index contributed by atoms with van der Waals surface area (Å²) in [6.07, 6.45) is 0. The van der Waals surface area contributed by atoms with E-state index in [1.807, 2.05) is 31.2 Å². The predicted molar refractivity (Wildman–Crippen MR) is 84.6 cm³/mol. The Bertz CT molecular complexity index is 626. The van der Waals surface area contributed by atoms with Crippen molar-refractivity contribution in [3.8, 4) is 5.75 Å². The van der Waals surface area contributed by atoms with Gasteiger partial charge in [0.2, 0.25) is 0 Å². The zero-order valence-electron chi connectivity index (χ0n) is 12.3. The van der Waals surface area contributed by atoms with Gasteiger partial charge in [0.05, 0.1) is 5.56 Å². The molecule has 1 amide bonds. The lowest BCUT2D eigenvalue weighted by atomic mass is 10.1. The molecule has 1 atom stereocenters. The normalized spacial score (nSPS) is 11.9. The molecule has 0 radical (unpaired) electrons. The number of anilines is 1. The smallest absolute Gasteiger partial charge is 0.259 e. The first kappa shape index (κ1) is 15.1. The maximum atomic E-state index is 12.3. The van der Waals surface area contributed by atoms with Crippen molar-refractivity contribution < 1.29 is 9.90 Å². The van der Waals surface area contributed by atoms with Crippen molar-refractivity contribution >= 4 is 11.6 Å². The van der Waals surface area contributed by atoms with Crippen LogP contribution in [0.5, 0.6) is 5.75 Å². The number of aromatic hydroxyl groups is 1. The highest BCUT2D eigenvalue weighted by Crippen LogP contribution is 2.24. The molecule has 4 heteroatoms. The lowest BCUT2D eigenvalue weighted by molar-refractivity contribution is 0.102. The van der Waals surface area contributed by atoms with Crippen LogP contribution >= 0.6 is 0 Å². The molecule has 21 heavy (non-hydrogen) atoms. The standard InChI is InChI=1S/C17H20N2O2/c1-3-18-12(2)13-8-4-6-10-15(13)19-17(21)14-9-5-7-11-16(14)20/h4-12,18,20H,3H2,1-2H3,(H,19,21). The van der Waals surface area contributed by atoms with Crippen LogP contribution < -0.4 is 10.6 Å². The van der Waals surface area contributed by atoms with Crippen LogP contribution in [0.2, 0.25) is 0 Å². The van der Waals surface area contributed by atoms with Gasteiger partial charge < -0.3 is 15.7 Å².